The van der Waals surface area contributed by atoms with E-state index in [1.54, 1.807) is 33.5 Å². The topological polar surface area (TPSA) is 94.4 Å². The standard InChI is InChI=1S/C19H17BrN4O4/c1-25-15-7-11(8-16(26-2)17(15)27-3)22-19-24-23-18(28-19)13-9-21-14-5-4-10(20)6-12(13)14/h4-9,21H,1-3H3,(H,22,24). The maximum Gasteiger partial charge on any atom is 0.320 e. The molecule has 28 heavy (non-hydrogen) atoms. The van der Waals surface area contributed by atoms with E-state index in [0.717, 1.165) is 20.9 Å². The second kappa shape index (κ2) is 7.43. The Labute approximate surface area is 168 Å². The number of hydrogen-bond acceptors (Lipinski definition) is 7. The van der Waals surface area contributed by atoms with Crippen LogP contribution in [0.5, 0.6) is 17.2 Å². The van der Waals surface area contributed by atoms with Gasteiger partial charge in [0, 0.05) is 33.7 Å². The summed E-state index contributed by atoms with van der Waals surface area (Å²) in [6.07, 6.45) is 1.84. The minimum atomic E-state index is 0.244. The molecule has 9 heteroatoms. The van der Waals surface area contributed by atoms with E-state index < -0.39 is 0 Å². The van der Waals surface area contributed by atoms with Crippen molar-refractivity contribution in [3.05, 3.63) is 41.0 Å². The number of nitrogens with zero attached hydrogens (tertiary/aromatic N) is 2. The average molecular weight is 445 g/mol. The summed E-state index contributed by atoms with van der Waals surface area (Å²) in [7, 11) is 4.67. The van der Waals surface area contributed by atoms with E-state index in [0.29, 0.717) is 28.8 Å². The minimum absolute atomic E-state index is 0.244. The van der Waals surface area contributed by atoms with Crippen molar-refractivity contribution in [1.29, 1.82) is 0 Å². The van der Waals surface area contributed by atoms with Gasteiger partial charge in [0.1, 0.15) is 0 Å². The van der Waals surface area contributed by atoms with Crippen LogP contribution in [-0.4, -0.2) is 36.5 Å². The number of aromatic nitrogens is 3. The zero-order valence-corrected chi connectivity index (χ0v) is 17.0. The number of benzene rings is 2. The minimum Gasteiger partial charge on any atom is -0.493 e. The lowest BCUT2D eigenvalue weighted by Crippen LogP contribution is -1.98. The molecule has 2 N–H and O–H groups in total. The van der Waals surface area contributed by atoms with Crippen molar-refractivity contribution in [2.45, 2.75) is 0 Å². The van der Waals surface area contributed by atoms with E-state index in [2.05, 4.69) is 36.4 Å². The van der Waals surface area contributed by atoms with E-state index in [-0.39, 0.29) is 6.01 Å². The Morgan fingerprint density at radius 3 is 2.43 bits per heavy atom. The van der Waals surface area contributed by atoms with Gasteiger partial charge in [-0.25, -0.2) is 0 Å². The highest BCUT2D eigenvalue weighted by atomic mass is 79.9. The Bertz CT molecular complexity index is 1110. The first-order valence-electron chi connectivity index (χ1n) is 8.30. The van der Waals surface area contributed by atoms with Crippen molar-refractivity contribution < 1.29 is 18.6 Å². The molecule has 8 nitrogen and oxygen atoms in total. The summed E-state index contributed by atoms with van der Waals surface area (Å²) in [5.41, 5.74) is 2.46. The molecule has 0 saturated carbocycles. The molecule has 0 amide bonds. The monoisotopic (exact) mass is 444 g/mol. The third-order valence-electron chi connectivity index (χ3n) is 4.22. The molecule has 4 rings (SSSR count). The van der Waals surface area contributed by atoms with Crippen LogP contribution in [0.3, 0.4) is 0 Å². The van der Waals surface area contributed by atoms with Gasteiger partial charge in [-0.15, -0.1) is 5.10 Å². The normalized spacial score (nSPS) is 10.9. The van der Waals surface area contributed by atoms with E-state index in [4.69, 9.17) is 18.6 Å². The summed E-state index contributed by atoms with van der Waals surface area (Å²) in [6, 6.07) is 9.70. The van der Waals surface area contributed by atoms with Crippen molar-refractivity contribution in [2.75, 3.05) is 26.6 Å². The number of halogens is 1. The zero-order chi connectivity index (χ0) is 19.7. The number of H-pyrrole nitrogens is 1. The fourth-order valence-electron chi connectivity index (χ4n) is 2.93. The molecular formula is C19H17BrN4O4. The number of ether oxygens (including phenoxy) is 3. The lowest BCUT2D eigenvalue weighted by atomic mass is 10.2. The van der Waals surface area contributed by atoms with Crippen LogP contribution in [0.1, 0.15) is 0 Å². The summed E-state index contributed by atoms with van der Waals surface area (Å²) < 4.78 is 22.8. The van der Waals surface area contributed by atoms with Crippen LogP contribution >= 0.6 is 15.9 Å². The molecule has 0 radical (unpaired) electrons. The van der Waals surface area contributed by atoms with Gasteiger partial charge in [-0.3, -0.25) is 0 Å². The van der Waals surface area contributed by atoms with Crippen LogP contribution in [-0.2, 0) is 0 Å². The number of hydrogen-bond donors (Lipinski definition) is 2. The summed E-state index contributed by atoms with van der Waals surface area (Å²) >= 11 is 3.49. The molecule has 2 heterocycles. The van der Waals surface area contributed by atoms with Gasteiger partial charge in [-0.05, 0) is 18.2 Å². The largest absolute Gasteiger partial charge is 0.493 e. The first-order chi connectivity index (χ1) is 13.6. The van der Waals surface area contributed by atoms with Gasteiger partial charge >= 0.3 is 6.01 Å². The lowest BCUT2D eigenvalue weighted by molar-refractivity contribution is 0.324. The number of methoxy groups -OCH3 is 3. The van der Waals surface area contributed by atoms with E-state index in [1.807, 2.05) is 24.4 Å². The first-order valence-corrected chi connectivity index (χ1v) is 9.09. The molecule has 4 aromatic rings. The predicted octanol–water partition coefficient (Wildman–Crippen LogP) is 4.75. The van der Waals surface area contributed by atoms with Gasteiger partial charge in [-0.1, -0.05) is 21.0 Å². The Kier molecular flexibility index (Phi) is 4.82. The number of aromatic amines is 1. The van der Waals surface area contributed by atoms with Crippen LogP contribution in [0, 0.1) is 0 Å². The molecule has 2 aromatic carbocycles. The van der Waals surface area contributed by atoms with Crippen LogP contribution in [0.15, 0.2) is 45.4 Å². The molecule has 0 aliphatic rings. The smallest absolute Gasteiger partial charge is 0.320 e. The summed E-state index contributed by atoms with van der Waals surface area (Å²) in [5.74, 6) is 1.95. The quantitative estimate of drug-likeness (QED) is 0.442. The molecule has 0 fully saturated rings. The van der Waals surface area contributed by atoms with Crippen molar-refractivity contribution >= 4 is 38.5 Å². The summed E-state index contributed by atoms with van der Waals surface area (Å²) in [5, 5.41) is 12.3. The van der Waals surface area contributed by atoms with Gasteiger partial charge in [0.25, 0.3) is 5.89 Å². The Morgan fingerprint density at radius 2 is 1.75 bits per heavy atom. The molecule has 0 spiro atoms. The molecule has 144 valence electrons. The Morgan fingerprint density at radius 1 is 1.00 bits per heavy atom. The molecule has 0 aliphatic heterocycles. The molecule has 0 bridgehead atoms. The average Bonchev–Trinajstić information content (AvgIpc) is 3.33. The molecule has 0 unspecified atom stereocenters. The van der Waals surface area contributed by atoms with Crippen molar-refractivity contribution in [2.24, 2.45) is 0 Å². The Balaban J connectivity index is 1.66. The lowest BCUT2D eigenvalue weighted by Gasteiger charge is -2.13. The fourth-order valence-corrected chi connectivity index (χ4v) is 3.29. The number of fused-ring (bicyclic) bond motifs is 1. The molecule has 0 saturated heterocycles. The van der Waals surface area contributed by atoms with Gasteiger partial charge in [-0.2, -0.15) is 0 Å². The molecule has 2 aromatic heterocycles. The van der Waals surface area contributed by atoms with E-state index in [1.165, 1.54) is 0 Å². The van der Waals surface area contributed by atoms with E-state index in [9.17, 15) is 0 Å². The van der Waals surface area contributed by atoms with Gasteiger partial charge < -0.3 is 28.9 Å². The van der Waals surface area contributed by atoms with Gasteiger partial charge in [0.2, 0.25) is 5.75 Å². The number of rotatable bonds is 6. The second-order valence-electron chi connectivity index (χ2n) is 5.84. The third-order valence-corrected chi connectivity index (χ3v) is 4.71. The summed E-state index contributed by atoms with van der Waals surface area (Å²) in [4.78, 5) is 3.20. The van der Waals surface area contributed by atoms with Crippen LogP contribution in [0.2, 0.25) is 0 Å². The highest BCUT2D eigenvalue weighted by Gasteiger charge is 2.16. The third kappa shape index (κ3) is 3.24. The maximum absolute atomic E-state index is 5.80. The summed E-state index contributed by atoms with van der Waals surface area (Å²) in [6.45, 7) is 0. The number of anilines is 2. The first kappa shape index (κ1) is 18.2. The molecule has 0 aliphatic carbocycles. The van der Waals surface area contributed by atoms with Gasteiger partial charge in [0.05, 0.1) is 32.6 Å². The van der Waals surface area contributed by atoms with E-state index >= 15 is 0 Å². The predicted molar refractivity (Wildman–Crippen MR) is 109 cm³/mol. The van der Waals surface area contributed by atoms with Crippen LogP contribution in [0.4, 0.5) is 11.7 Å². The van der Waals surface area contributed by atoms with Crippen molar-refractivity contribution in [3.8, 4) is 28.7 Å². The second-order valence-corrected chi connectivity index (χ2v) is 6.76. The van der Waals surface area contributed by atoms with Crippen molar-refractivity contribution in [1.82, 2.24) is 15.2 Å². The van der Waals surface area contributed by atoms with Crippen LogP contribution < -0.4 is 19.5 Å². The Hall–Kier alpha value is -3.20. The highest BCUT2D eigenvalue weighted by molar-refractivity contribution is 9.10. The van der Waals surface area contributed by atoms with Crippen molar-refractivity contribution in [3.63, 3.8) is 0 Å². The molecular weight excluding hydrogens is 428 g/mol. The van der Waals surface area contributed by atoms with Crippen LogP contribution in [0.25, 0.3) is 22.4 Å². The van der Waals surface area contributed by atoms with Gasteiger partial charge in [0.15, 0.2) is 11.5 Å². The zero-order valence-electron chi connectivity index (χ0n) is 15.4. The SMILES string of the molecule is COc1cc(Nc2nnc(-c3c[nH]c4ccc(Br)cc34)o2)cc(OC)c1OC. The number of nitrogens with one attached hydrogen (secondary N) is 2. The maximum atomic E-state index is 5.80. The fraction of sp³-hybridized carbons (Fsp3) is 0.158. The highest BCUT2D eigenvalue weighted by Crippen LogP contribution is 2.40. The molecule has 0 atom stereocenters.